The van der Waals surface area contributed by atoms with Gasteiger partial charge in [-0.2, -0.15) is 0 Å². The molecule has 0 saturated heterocycles. The number of amides is 1. The van der Waals surface area contributed by atoms with Crippen molar-refractivity contribution in [1.29, 1.82) is 0 Å². The summed E-state index contributed by atoms with van der Waals surface area (Å²) in [6.07, 6.45) is 3.03. The zero-order valence-electron chi connectivity index (χ0n) is 10.2. The summed E-state index contributed by atoms with van der Waals surface area (Å²) in [5.41, 5.74) is 1.08. The van der Waals surface area contributed by atoms with Crippen LogP contribution < -0.4 is 5.32 Å². The van der Waals surface area contributed by atoms with Gasteiger partial charge in [-0.1, -0.05) is 12.1 Å². The fourth-order valence-electron chi connectivity index (χ4n) is 1.60. The van der Waals surface area contributed by atoms with Gasteiger partial charge < -0.3 is 5.32 Å². The van der Waals surface area contributed by atoms with Crippen LogP contribution in [-0.2, 0) is 6.54 Å². The Morgan fingerprint density at radius 2 is 2.15 bits per heavy atom. The van der Waals surface area contributed by atoms with Gasteiger partial charge in [0.15, 0.2) is 0 Å². The molecule has 0 aliphatic rings. The maximum absolute atomic E-state index is 11.9. The van der Waals surface area contributed by atoms with E-state index < -0.39 is 4.92 Å². The first-order valence-electron chi connectivity index (χ1n) is 5.68. The summed E-state index contributed by atoms with van der Waals surface area (Å²) in [5, 5.41) is 13.3. The molecule has 0 fully saturated rings. The van der Waals surface area contributed by atoms with E-state index in [1.165, 1.54) is 18.3 Å². The molecule has 0 bridgehead atoms. The maximum Gasteiger partial charge on any atom is 0.269 e. The van der Waals surface area contributed by atoms with E-state index >= 15 is 0 Å². The standard InChI is InChI=1S/C13H10BrN3O3/c14-11-5-10(7-15-8-11)13(18)16-6-9-2-1-3-12(4-9)17(19)20/h1-5,7-8H,6H2,(H,16,18). The van der Waals surface area contributed by atoms with Gasteiger partial charge in [0.05, 0.1) is 10.5 Å². The van der Waals surface area contributed by atoms with E-state index in [1.54, 1.807) is 24.4 Å². The van der Waals surface area contributed by atoms with Gasteiger partial charge in [-0.25, -0.2) is 0 Å². The normalized spacial score (nSPS) is 10.1. The highest BCUT2D eigenvalue weighted by Gasteiger charge is 2.08. The van der Waals surface area contributed by atoms with Crippen molar-refractivity contribution < 1.29 is 9.72 Å². The van der Waals surface area contributed by atoms with Crippen LogP contribution in [0.1, 0.15) is 15.9 Å². The molecule has 0 aliphatic heterocycles. The molecule has 0 saturated carbocycles. The number of aromatic nitrogens is 1. The van der Waals surface area contributed by atoms with Gasteiger partial charge >= 0.3 is 0 Å². The van der Waals surface area contributed by atoms with Crippen molar-refractivity contribution in [2.24, 2.45) is 0 Å². The monoisotopic (exact) mass is 335 g/mol. The third-order valence-electron chi connectivity index (χ3n) is 2.54. The molecule has 0 spiro atoms. The second-order valence-electron chi connectivity index (χ2n) is 4.00. The number of rotatable bonds is 4. The van der Waals surface area contributed by atoms with Crippen molar-refractivity contribution in [3.8, 4) is 0 Å². The van der Waals surface area contributed by atoms with Gasteiger partial charge in [-0.15, -0.1) is 0 Å². The molecule has 0 atom stereocenters. The summed E-state index contributed by atoms with van der Waals surface area (Å²) in [6.45, 7) is 0.215. The lowest BCUT2D eigenvalue weighted by Gasteiger charge is -2.05. The first-order chi connectivity index (χ1) is 9.56. The Balaban J connectivity index is 2.03. The molecule has 20 heavy (non-hydrogen) atoms. The first-order valence-corrected chi connectivity index (χ1v) is 6.47. The fourth-order valence-corrected chi connectivity index (χ4v) is 1.97. The molecule has 1 amide bonds. The number of pyridine rings is 1. The van der Waals surface area contributed by atoms with Crippen molar-refractivity contribution in [3.05, 3.63) is 68.4 Å². The lowest BCUT2D eigenvalue weighted by Crippen LogP contribution is -2.22. The SMILES string of the molecule is O=C(NCc1cccc([N+](=O)[O-])c1)c1cncc(Br)c1. The quantitative estimate of drug-likeness (QED) is 0.687. The van der Waals surface area contributed by atoms with Gasteiger partial charge in [0.2, 0.25) is 0 Å². The molecule has 0 unspecified atom stereocenters. The van der Waals surface area contributed by atoms with E-state index in [0.717, 1.165) is 0 Å². The Morgan fingerprint density at radius 3 is 2.85 bits per heavy atom. The summed E-state index contributed by atoms with van der Waals surface area (Å²) in [5.74, 6) is -0.287. The van der Waals surface area contributed by atoms with Crippen molar-refractivity contribution in [1.82, 2.24) is 10.3 Å². The Labute approximate surface area is 123 Å². The zero-order valence-corrected chi connectivity index (χ0v) is 11.8. The summed E-state index contributed by atoms with van der Waals surface area (Å²) in [7, 11) is 0. The second kappa shape index (κ2) is 6.25. The molecular weight excluding hydrogens is 326 g/mol. The Bertz CT molecular complexity index is 661. The molecule has 2 rings (SSSR count). The number of carbonyl (C=O) groups excluding carboxylic acids is 1. The molecule has 1 N–H and O–H groups in total. The van der Waals surface area contributed by atoms with Crippen LogP contribution in [0.4, 0.5) is 5.69 Å². The fraction of sp³-hybridized carbons (Fsp3) is 0.0769. The Morgan fingerprint density at radius 1 is 1.35 bits per heavy atom. The number of nitrogens with zero attached hydrogens (tertiary/aromatic N) is 2. The largest absolute Gasteiger partial charge is 0.348 e. The zero-order chi connectivity index (χ0) is 14.5. The number of carbonyl (C=O) groups is 1. The second-order valence-corrected chi connectivity index (χ2v) is 4.92. The van der Waals surface area contributed by atoms with Gasteiger partial charge in [-0.05, 0) is 27.6 Å². The van der Waals surface area contributed by atoms with Crippen molar-refractivity contribution in [2.45, 2.75) is 6.54 Å². The third-order valence-corrected chi connectivity index (χ3v) is 2.98. The van der Waals surface area contributed by atoms with Crippen LogP contribution in [0.15, 0.2) is 47.2 Å². The number of hydrogen-bond acceptors (Lipinski definition) is 4. The van der Waals surface area contributed by atoms with Gasteiger partial charge in [0.1, 0.15) is 0 Å². The number of nitro groups is 1. The molecule has 0 aliphatic carbocycles. The minimum absolute atomic E-state index is 0.000807. The van der Waals surface area contributed by atoms with E-state index in [-0.39, 0.29) is 18.1 Å². The van der Waals surface area contributed by atoms with Crippen LogP contribution in [0.5, 0.6) is 0 Å². The molecule has 102 valence electrons. The summed E-state index contributed by atoms with van der Waals surface area (Å²) >= 11 is 3.23. The van der Waals surface area contributed by atoms with Gasteiger partial charge in [-0.3, -0.25) is 19.9 Å². The van der Waals surface area contributed by atoms with Crippen molar-refractivity contribution in [2.75, 3.05) is 0 Å². The highest BCUT2D eigenvalue weighted by molar-refractivity contribution is 9.10. The number of hydrogen-bond donors (Lipinski definition) is 1. The van der Waals surface area contributed by atoms with Crippen LogP contribution in [0.25, 0.3) is 0 Å². The van der Waals surface area contributed by atoms with E-state index in [2.05, 4.69) is 26.2 Å². The molecule has 0 radical (unpaired) electrons. The van der Waals surface area contributed by atoms with E-state index in [0.29, 0.717) is 15.6 Å². The third kappa shape index (κ3) is 3.61. The van der Waals surface area contributed by atoms with Crippen LogP contribution in [-0.4, -0.2) is 15.8 Å². The molecule has 2 aromatic rings. The number of non-ortho nitro benzene ring substituents is 1. The molecule has 1 aromatic carbocycles. The van der Waals surface area contributed by atoms with E-state index in [1.807, 2.05) is 0 Å². The van der Waals surface area contributed by atoms with E-state index in [9.17, 15) is 14.9 Å². The topological polar surface area (TPSA) is 85.1 Å². The lowest BCUT2D eigenvalue weighted by molar-refractivity contribution is -0.384. The number of halogens is 1. The van der Waals surface area contributed by atoms with Gasteiger partial charge in [0, 0.05) is 35.5 Å². The van der Waals surface area contributed by atoms with Crippen LogP contribution in [0, 0.1) is 10.1 Å². The Kier molecular flexibility index (Phi) is 4.41. The minimum atomic E-state index is -0.469. The Hall–Kier alpha value is -2.28. The predicted molar refractivity (Wildman–Crippen MR) is 76.2 cm³/mol. The van der Waals surface area contributed by atoms with Crippen LogP contribution >= 0.6 is 15.9 Å². The van der Waals surface area contributed by atoms with Crippen LogP contribution in [0.3, 0.4) is 0 Å². The predicted octanol–water partition coefficient (Wildman–Crippen LogP) is 2.68. The highest BCUT2D eigenvalue weighted by atomic mass is 79.9. The van der Waals surface area contributed by atoms with Gasteiger partial charge in [0.25, 0.3) is 11.6 Å². The maximum atomic E-state index is 11.9. The van der Waals surface area contributed by atoms with Crippen LogP contribution in [0.2, 0.25) is 0 Å². The van der Waals surface area contributed by atoms with E-state index in [4.69, 9.17) is 0 Å². The summed E-state index contributed by atoms with van der Waals surface area (Å²) < 4.78 is 0.709. The van der Waals surface area contributed by atoms with Crippen molar-refractivity contribution >= 4 is 27.5 Å². The molecule has 7 heteroatoms. The molecule has 1 aromatic heterocycles. The minimum Gasteiger partial charge on any atom is -0.348 e. The molecule has 1 heterocycles. The lowest BCUT2D eigenvalue weighted by atomic mass is 10.2. The summed E-state index contributed by atoms with van der Waals surface area (Å²) in [6, 6.07) is 7.78. The first kappa shape index (κ1) is 14.1. The molecule has 6 nitrogen and oxygen atoms in total. The van der Waals surface area contributed by atoms with Crippen molar-refractivity contribution in [3.63, 3.8) is 0 Å². The average Bonchev–Trinajstić information content (AvgIpc) is 2.45. The molecular formula is C13H10BrN3O3. The number of benzene rings is 1. The smallest absolute Gasteiger partial charge is 0.269 e. The number of nitrogens with one attached hydrogen (secondary N) is 1. The highest BCUT2D eigenvalue weighted by Crippen LogP contribution is 2.13. The number of nitro benzene ring substituents is 1. The summed E-state index contributed by atoms with van der Waals surface area (Å²) in [4.78, 5) is 26.0. The average molecular weight is 336 g/mol.